The molecule has 2 fully saturated rings. The summed E-state index contributed by atoms with van der Waals surface area (Å²) in [4.78, 5) is 32.3. The van der Waals surface area contributed by atoms with E-state index in [2.05, 4.69) is 15.3 Å². The van der Waals surface area contributed by atoms with Crippen molar-refractivity contribution in [2.24, 2.45) is 0 Å². The molecule has 1 amide bonds. The van der Waals surface area contributed by atoms with Crippen LogP contribution >= 0.6 is 0 Å². The zero-order chi connectivity index (χ0) is 18.2. The molecule has 7 nitrogen and oxygen atoms in total. The van der Waals surface area contributed by atoms with Crippen LogP contribution in [0.15, 0.2) is 12.3 Å². The fourth-order valence-corrected chi connectivity index (χ4v) is 3.14. The maximum absolute atomic E-state index is 12.6. The number of nitrogens with one attached hydrogen (secondary N) is 1. The van der Waals surface area contributed by atoms with E-state index < -0.39 is 35.8 Å². The molecular formula is C15H16F3N4NaO3. The Balaban J connectivity index is 0.00000243. The first-order chi connectivity index (χ1) is 11.8. The van der Waals surface area contributed by atoms with Crippen molar-refractivity contribution in [1.29, 1.82) is 0 Å². The van der Waals surface area contributed by atoms with Crippen LogP contribution in [0.4, 0.5) is 13.2 Å². The summed E-state index contributed by atoms with van der Waals surface area (Å²) in [5.74, 6) is -1.80. The van der Waals surface area contributed by atoms with E-state index in [1.165, 1.54) is 0 Å². The number of rotatable bonds is 5. The molecule has 1 aliphatic heterocycles. The number of hydrogen-bond donors (Lipinski definition) is 1. The predicted octanol–water partition coefficient (Wildman–Crippen LogP) is -3.14. The fraction of sp³-hybridized carbons (Fsp3) is 0.600. The van der Waals surface area contributed by atoms with E-state index in [1.54, 1.807) is 4.90 Å². The van der Waals surface area contributed by atoms with Gasteiger partial charge < -0.3 is 15.2 Å². The number of carbonyl (C=O) groups excluding carboxylic acids is 2. The van der Waals surface area contributed by atoms with Gasteiger partial charge in [-0.05, 0) is 31.7 Å². The van der Waals surface area contributed by atoms with E-state index in [4.69, 9.17) is 0 Å². The van der Waals surface area contributed by atoms with E-state index in [0.717, 1.165) is 25.1 Å². The van der Waals surface area contributed by atoms with Crippen molar-refractivity contribution < 1.29 is 57.4 Å². The van der Waals surface area contributed by atoms with Gasteiger partial charge in [0.1, 0.15) is 11.5 Å². The number of amides is 1. The van der Waals surface area contributed by atoms with Gasteiger partial charge in [-0.2, -0.15) is 13.2 Å². The van der Waals surface area contributed by atoms with Crippen LogP contribution in [0.3, 0.4) is 0 Å². The second-order valence-corrected chi connectivity index (χ2v) is 6.18. The van der Waals surface area contributed by atoms with E-state index in [1.807, 2.05) is 0 Å². The van der Waals surface area contributed by atoms with Gasteiger partial charge in [0.15, 0.2) is 0 Å². The average Bonchev–Trinajstić information content (AvgIpc) is 3.29. The van der Waals surface area contributed by atoms with Crippen LogP contribution in [0.5, 0.6) is 0 Å². The number of aliphatic carboxylic acids is 1. The summed E-state index contributed by atoms with van der Waals surface area (Å²) in [6, 6.07) is -0.623. The molecule has 2 atom stereocenters. The summed E-state index contributed by atoms with van der Waals surface area (Å²) in [5, 5.41) is 13.7. The first-order valence-electron chi connectivity index (χ1n) is 7.92. The number of halogens is 3. The number of aromatic nitrogens is 2. The van der Waals surface area contributed by atoms with E-state index in [9.17, 15) is 27.9 Å². The maximum Gasteiger partial charge on any atom is 1.00 e. The molecule has 3 rings (SSSR count). The quantitative estimate of drug-likeness (QED) is 0.543. The molecule has 2 aliphatic rings. The Bertz CT molecular complexity index is 684. The molecule has 1 saturated heterocycles. The summed E-state index contributed by atoms with van der Waals surface area (Å²) in [7, 11) is 0. The fourth-order valence-electron chi connectivity index (χ4n) is 3.14. The summed E-state index contributed by atoms with van der Waals surface area (Å²) in [5.41, 5.74) is -1.08. The molecule has 0 spiro atoms. The maximum atomic E-state index is 12.6. The molecule has 1 N–H and O–H groups in total. The molecule has 1 aromatic rings. The topological polar surface area (TPSA) is 98.2 Å². The molecular weight excluding hydrogens is 364 g/mol. The zero-order valence-corrected chi connectivity index (χ0v) is 16.1. The zero-order valence-electron chi connectivity index (χ0n) is 14.1. The number of alkyl halides is 3. The smallest absolute Gasteiger partial charge is 0.548 e. The third kappa shape index (κ3) is 4.73. The second-order valence-electron chi connectivity index (χ2n) is 6.18. The predicted molar refractivity (Wildman–Crippen MR) is 75.6 cm³/mol. The molecule has 136 valence electrons. The molecule has 0 aromatic carbocycles. The molecule has 1 aliphatic carbocycles. The van der Waals surface area contributed by atoms with Crippen molar-refractivity contribution in [3.8, 4) is 0 Å². The van der Waals surface area contributed by atoms with Gasteiger partial charge in [0.05, 0.1) is 24.6 Å². The van der Waals surface area contributed by atoms with Gasteiger partial charge in [-0.1, -0.05) is 0 Å². The number of hydrogen-bond acceptors (Lipinski definition) is 6. The number of likely N-dealkylation sites (tertiary alicyclic amines) is 1. The van der Waals surface area contributed by atoms with Crippen molar-refractivity contribution in [1.82, 2.24) is 20.2 Å². The van der Waals surface area contributed by atoms with Gasteiger partial charge in [-0.25, -0.2) is 9.97 Å². The number of carboxylic acids is 1. The monoisotopic (exact) mass is 380 g/mol. The molecule has 2 unspecified atom stereocenters. The van der Waals surface area contributed by atoms with Gasteiger partial charge in [-0.3, -0.25) is 9.69 Å². The first kappa shape index (κ1) is 21.1. The van der Waals surface area contributed by atoms with Crippen molar-refractivity contribution in [3.05, 3.63) is 23.8 Å². The van der Waals surface area contributed by atoms with E-state index in [-0.39, 0.29) is 48.0 Å². The minimum Gasteiger partial charge on any atom is -0.548 e. The van der Waals surface area contributed by atoms with Crippen LogP contribution in [0.25, 0.3) is 0 Å². The van der Waals surface area contributed by atoms with Crippen LogP contribution in [-0.4, -0.2) is 44.9 Å². The normalized spacial score (nSPS) is 23.3. The molecule has 1 aromatic heterocycles. The van der Waals surface area contributed by atoms with E-state index in [0.29, 0.717) is 12.8 Å². The average molecular weight is 380 g/mol. The summed E-state index contributed by atoms with van der Waals surface area (Å²) < 4.78 is 37.9. The Morgan fingerprint density at radius 3 is 2.46 bits per heavy atom. The third-order valence-electron chi connectivity index (χ3n) is 4.39. The largest absolute Gasteiger partial charge is 1.00 e. The van der Waals surface area contributed by atoms with Crippen molar-refractivity contribution in [2.45, 2.75) is 56.5 Å². The van der Waals surface area contributed by atoms with Crippen LogP contribution < -0.4 is 40.0 Å². The van der Waals surface area contributed by atoms with Gasteiger partial charge in [0, 0.05) is 12.2 Å². The number of nitrogens with zero attached hydrogens (tertiary/aromatic N) is 3. The molecule has 26 heavy (non-hydrogen) atoms. The Hall–Kier alpha value is -1.23. The van der Waals surface area contributed by atoms with Crippen molar-refractivity contribution >= 4 is 11.9 Å². The first-order valence-corrected chi connectivity index (χ1v) is 7.92. The SMILES string of the molecule is O=C([O-])C1CCC(C(=O)NCc2nccc(C(F)(F)F)n2)N1C1CC1.[Na+]. The Labute approximate surface area is 169 Å². The van der Waals surface area contributed by atoms with Gasteiger partial charge in [-0.15, -0.1) is 0 Å². The Morgan fingerprint density at radius 1 is 1.23 bits per heavy atom. The number of carboxylic acid groups (broad SMARTS) is 1. The molecule has 0 bridgehead atoms. The van der Waals surface area contributed by atoms with Crippen molar-refractivity contribution in [2.75, 3.05) is 0 Å². The van der Waals surface area contributed by atoms with E-state index >= 15 is 0 Å². The van der Waals surface area contributed by atoms with Crippen LogP contribution in [-0.2, 0) is 22.3 Å². The van der Waals surface area contributed by atoms with Gasteiger partial charge >= 0.3 is 35.7 Å². The van der Waals surface area contributed by atoms with Crippen molar-refractivity contribution in [3.63, 3.8) is 0 Å². The van der Waals surface area contributed by atoms with Gasteiger partial charge in [0.2, 0.25) is 5.91 Å². The summed E-state index contributed by atoms with van der Waals surface area (Å²) >= 11 is 0. The minimum atomic E-state index is -4.59. The van der Waals surface area contributed by atoms with Crippen LogP contribution in [0, 0.1) is 0 Å². The molecule has 0 radical (unpaired) electrons. The number of carbonyl (C=O) groups is 2. The molecule has 1 saturated carbocycles. The molecule has 11 heteroatoms. The third-order valence-corrected chi connectivity index (χ3v) is 4.39. The minimum absolute atomic E-state index is 0. The summed E-state index contributed by atoms with van der Waals surface area (Å²) in [6.45, 7) is -0.256. The molecule has 2 heterocycles. The van der Waals surface area contributed by atoms with Crippen LogP contribution in [0.1, 0.15) is 37.2 Å². The van der Waals surface area contributed by atoms with Crippen LogP contribution in [0.2, 0.25) is 0 Å². The Morgan fingerprint density at radius 2 is 1.88 bits per heavy atom. The van der Waals surface area contributed by atoms with Gasteiger partial charge in [0.25, 0.3) is 0 Å². The second kappa shape index (κ2) is 8.20. The summed E-state index contributed by atoms with van der Waals surface area (Å²) in [6.07, 6.45) is -1.27. The Kier molecular flexibility index (Phi) is 6.65. The standard InChI is InChI=1S/C15H17F3N4O3.Na/c16-15(17,18)11-5-6-19-12(21-11)7-20-13(23)9-3-4-10(14(24)25)22(9)8-1-2-8;/h5-6,8-10H,1-4,7H2,(H,20,23)(H,24,25);/q;+1/p-1.